The molecular formula is C16H17N3. The minimum atomic E-state index is -0.145. The normalized spacial score (nSPS) is 29.0. The molecule has 2 atom stereocenters. The molecule has 0 fully saturated rings. The molecule has 0 saturated carbocycles. The standard InChI is InChI=1S/C16H17N3/c1-10-6-14-5-4-12-9-18-11(2)19-15(12)16(14,3)7-13(10)8-17/h7,9,14H,1,4-6H2,2-3H3. The van der Waals surface area contributed by atoms with Crippen molar-refractivity contribution in [2.75, 3.05) is 0 Å². The fourth-order valence-corrected chi connectivity index (χ4v) is 3.39. The van der Waals surface area contributed by atoms with Crippen molar-refractivity contribution in [3.63, 3.8) is 0 Å². The Hall–Kier alpha value is -1.95. The van der Waals surface area contributed by atoms with Crippen molar-refractivity contribution < 1.29 is 0 Å². The van der Waals surface area contributed by atoms with Crippen LogP contribution in [-0.4, -0.2) is 9.97 Å². The van der Waals surface area contributed by atoms with Crippen molar-refractivity contribution in [3.05, 3.63) is 47.1 Å². The number of rotatable bonds is 0. The maximum Gasteiger partial charge on any atom is 0.125 e. The Labute approximate surface area is 113 Å². The third-order valence-corrected chi connectivity index (χ3v) is 4.54. The van der Waals surface area contributed by atoms with Crippen LogP contribution >= 0.6 is 0 Å². The number of aromatic nitrogens is 2. The smallest absolute Gasteiger partial charge is 0.125 e. The van der Waals surface area contributed by atoms with Crippen LogP contribution in [0.3, 0.4) is 0 Å². The molecule has 0 saturated heterocycles. The summed E-state index contributed by atoms with van der Waals surface area (Å²) in [6.45, 7) is 8.16. The highest BCUT2D eigenvalue weighted by atomic mass is 14.9. The molecule has 0 N–H and O–H groups in total. The molecule has 0 amide bonds. The number of nitrogens with zero attached hydrogens (tertiary/aromatic N) is 3. The van der Waals surface area contributed by atoms with E-state index in [9.17, 15) is 5.26 Å². The van der Waals surface area contributed by atoms with Crippen LogP contribution < -0.4 is 0 Å². The van der Waals surface area contributed by atoms with Gasteiger partial charge in [-0.25, -0.2) is 9.97 Å². The van der Waals surface area contributed by atoms with Gasteiger partial charge in [-0.05, 0) is 43.2 Å². The third-order valence-electron chi connectivity index (χ3n) is 4.54. The van der Waals surface area contributed by atoms with E-state index >= 15 is 0 Å². The van der Waals surface area contributed by atoms with Crippen molar-refractivity contribution in [2.24, 2.45) is 5.92 Å². The van der Waals surface area contributed by atoms with Gasteiger partial charge in [0.25, 0.3) is 0 Å². The topological polar surface area (TPSA) is 49.6 Å². The second-order valence-electron chi connectivity index (χ2n) is 5.79. The van der Waals surface area contributed by atoms with Gasteiger partial charge in [-0.15, -0.1) is 0 Å². The molecule has 0 aliphatic heterocycles. The Morgan fingerprint density at radius 1 is 1.53 bits per heavy atom. The molecule has 1 aromatic heterocycles. The maximum atomic E-state index is 9.26. The van der Waals surface area contributed by atoms with Crippen LogP contribution in [0.25, 0.3) is 0 Å². The summed E-state index contributed by atoms with van der Waals surface area (Å²) < 4.78 is 0. The minimum Gasteiger partial charge on any atom is -0.241 e. The Bertz CT molecular complexity index is 636. The minimum absolute atomic E-state index is 0.145. The zero-order valence-electron chi connectivity index (χ0n) is 11.4. The van der Waals surface area contributed by atoms with Gasteiger partial charge in [0.1, 0.15) is 5.82 Å². The van der Waals surface area contributed by atoms with Crippen molar-refractivity contribution in [3.8, 4) is 6.07 Å². The van der Waals surface area contributed by atoms with E-state index < -0.39 is 0 Å². The molecule has 19 heavy (non-hydrogen) atoms. The molecule has 3 heteroatoms. The van der Waals surface area contributed by atoms with Gasteiger partial charge in [-0.1, -0.05) is 19.6 Å². The van der Waals surface area contributed by atoms with Crippen LogP contribution in [0.15, 0.2) is 30.0 Å². The first-order valence-corrected chi connectivity index (χ1v) is 6.68. The van der Waals surface area contributed by atoms with E-state index in [0.29, 0.717) is 5.92 Å². The second kappa shape index (κ2) is 4.03. The lowest BCUT2D eigenvalue weighted by Gasteiger charge is -2.43. The Morgan fingerprint density at radius 3 is 3.05 bits per heavy atom. The van der Waals surface area contributed by atoms with Crippen molar-refractivity contribution in [2.45, 2.75) is 38.5 Å². The van der Waals surface area contributed by atoms with Crippen molar-refractivity contribution in [1.29, 1.82) is 5.26 Å². The molecule has 0 bridgehead atoms. The maximum absolute atomic E-state index is 9.26. The van der Waals surface area contributed by atoms with Crippen LogP contribution in [0, 0.1) is 24.2 Å². The van der Waals surface area contributed by atoms with Crippen LogP contribution in [0.1, 0.15) is 36.8 Å². The van der Waals surface area contributed by atoms with Gasteiger partial charge in [0.2, 0.25) is 0 Å². The lowest BCUT2D eigenvalue weighted by atomic mass is 9.61. The molecule has 3 rings (SSSR count). The van der Waals surface area contributed by atoms with Gasteiger partial charge < -0.3 is 0 Å². The first kappa shape index (κ1) is 12.1. The summed E-state index contributed by atoms with van der Waals surface area (Å²) in [7, 11) is 0. The molecule has 2 aliphatic carbocycles. The largest absolute Gasteiger partial charge is 0.241 e. The number of nitriles is 1. The molecule has 0 radical (unpaired) electrons. The zero-order valence-corrected chi connectivity index (χ0v) is 11.4. The summed E-state index contributed by atoms with van der Waals surface area (Å²) in [6.07, 6.45) is 7.07. The van der Waals surface area contributed by atoms with E-state index in [0.717, 1.165) is 41.9 Å². The Balaban J connectivity index is 2.22. The van der Waals surface area contributed by atoms with E-state index in [-0.39, 0.29) is 5.41 Å². The van der Waals surface area contributed by atoms with Crippen molar-refractivity contribution >= 4 is 0 Å². The number of allylic oxidation sites excluding steroid dienone is 3. The molecular weight excluding hydrogens is 234 g/mol. The lowest BCUT2D eigenvalue weighted by molar-refractivity contribution is 0.292. The summed E-state index contributed by atoms with van der Waals surface area (Å²) in [5.74, 6) is 1.30. The lowest BCUT2D eigenvalue weighted by Crippen LogP contribution is -2.39. The van der Waals surface area contributed by atoms with Gasteiger partial charge >= 0.3 is 0 Å². The van der Waals surface area contributed by atoms with Gasteiger partial charge in [0, 0.05) is 11.6 Å². The SMILES string of the molecule is C=C1CC2CCc3cnc(C)nc3C2(C)C=C1C#N. The van der Waals surface area contributed by atoms with E-state index in [2.05, 4.69) is 35.6 Å². The van der Waals surface area contributed by atoms with Crippen LogP contribution in [0.4, 0.5) is 0 Å². The van der Waals surface area contributed by atoms with Crippen LogP contribution in [0.2, 0.25) is 0 Å². The van der Waals surface area contributed by atoms with Gasteiger partial charge in [0.15, 0.2) is 0 Å². The Morgan fingerprint density at radius 2 is 2.32 bits per heavy atom. The van der Waals surface area contributed by atoms with Gasteiger partial charge in [-0.3, -0.25) is 0 Å². The fourth-order valence-electron chi connectivity index (χ4n) is 3.39. The highest BCUT2D eigenvalue weighted by molar-refractivity contribution is 5.50. The number of hydrogen-bond donors (Lipinski definition) is 0. The summed E-state index contributed by atoms with van der Waals surface area (Å²) in [6, 6.07) is 2.28. The fraction of sp³-hybridized carbons (Fsp3) is 0.438. The summed E-state index contributed by atoms with van der Waals surface area (Å²) in [5, 5.41) is 9.26. The number of aryl methyl sites for hydroxylation is 2. The van der Waals surface area contributed by atoms with Crippen LogP contribution in [-0.2, 0) is 11.8 Å². The van der Waals surface area contributed by atoms with E-state index in [1.165, 1.54) is 5.56 Å². The predicted molar refractivity (Wildman–Crippen MR) is 73.4 cm³/mol. The second-order valence-corrected chi connectivity index (χ2v) is 5.79. The quantitative estimate of drug-likeness (QED) is 0.712. The molecule has 3 nitrogen and oxygen atoms in total. The van der Waals surface area contributed by atoms with E-state index in [4.69, 9.17) is 0 Å². The predicted octanol–water partition coefficient (Wildman–Crippen LogP) is 3.02. The molecule has 1 aromatic rings. The molecule has 1 heterocycles. The number of hydrogen-bond acceptors (Lipinski definition) is 3. The summed E-state index contributed by atoms with van der Waals surface area (Å²) >= 11 is 0. The highest BCUT2D eigenvalue weighted by Crippen LogP contribution is 2.48. The third kappa shape index (κ3) is 1.71. The summed E-state index contributed by atoms with van der Waals surface area (Å²) in [5.41, 5.74) is 3.89. The average Bonchev–Trinajstić information content (AvgIpc) is 2.39. The summed E-state index contributed by atoms with van der Waals surface area (Å²) in [4.78, 5) is 8.97. The number of fused-ring (bicyclic) bond motifs is 3. The van der Waals surface area contributed by atoms with E-state index in [1.54, 1.807) is 0 Å². The van der Waals surface area contributed by atoms with E-state index in [1.807, 2.05) is 13.1 Å². The highest BCUT2D eigenvalue weighted by Gasteiger charge is 2.43. The average molecular weight is 251 g/mol. The van der Waals surface area contributed by atoms with Crippen LogP contribution in [0.5, 0.6) is 0 Å². The monoisotopic (exact) mass is 251 g/mol. The molecule has 2 aliphatic rings. The molecule has 2 unspecified atom stereocenters. The first-order valence-electron chi connectivity index (χ1n) is 6.68. The van der Waals surface area contributed by atoms with Gasteiger partial charge in [0.05, 0.1) is 17.3 Å². The van der Waals surface area contributed by atoms with Gasteiger partial charge in [-0.2, -0.15) is 5.26 Å². The van der Waals surface area contributed by atoms with Crippen molar-refractivity contribution in [1.82, 2.24) is 9.97 Å². The molecule has 0 aromatic carbocycles. The Kier molecular flexibility index (Phi) is 2.56. The first-order chi connectivity index (χ1) is 9.04. The molecule has 0 spiro atoms. The molecule has 96 valence electrons. The zero-order chi connectivity index (χ0) is 13.6.